The van der Waals surface area contributed by atoms with Crippen LogP contribution in [0.25, 0.3) is 0 Å². The summed E-state index contributed by atoms with van der Waals surface area (Å²) in [5.41, 5.74) is 5.97. The molecule has 0 aromatic carbocycles. The van der Waals surface area contributed by atoms with Crippen LogP contribution in [0.2, 0.25) is 0 Å². The lowest BCUT2D eigenvalue weighted by atomic mass is 10.0. The smallest absolute Gasteiger partial charge is 0.221 e. The summed E-state index contributed by atoms with van der Waals surface area (Å²) in [6, 6.07) is 0.833. The Balaban J connectivity index is 2.63. The predicted octanol–water partition coefficient (Wildman–Crippen LogP) is 2.13. The lowest BCUT2D eigenvalue weighted by Gasteiger charge is -2.36. The number of carbonyl (C=O) groups is 1. The second kappa shape index (κ2) is 9.35. The molecule has 3 N–H and O–H groups in total. The van der Waals surface area contributed by atoms with E-state index in [9.17, 15) is 4.79 Å². The molecule has 0 saturated heterocycles. The van der Waals surface area contributed by atoms with Gasteiger partial charge in [0.1, 0.15) is 0 Å². The number of rotatable bonds is 9. The van der Waals surface area contributed by atoms with Crippen molar-refractivity contribution in [1.29, 1.82) is 0 Å². The fourth-order valence-electron chi connectivity index (χ4n) is 3.13. The number of nitrogens with two attached hydrogens (primary N) is 1. The third-order valence-corrected chi connectivity index (χ3v) is 4.29. The van der Waals surface area contributed by atoms with Crippen LogP contribution >= 0.6 is 0 Å². The van der Waals surface area contributed by atoms with Crippen LogP contribution in [0.15, 0.2) is 0 Å². The molecule has 1 aliphatic carbocycles. The van der Waals surface area contributed by atoms with E-state index in [2.05, 4.69) is 24.1 Å². The maximum Gasteiger partial charge on any atom is 0.221 e. The zero-order valence-corrected chi connectivity index (χ0v) is 13.5. The van der Waals surface area contributed by atoms with E-state index in [0.29, 0.717) is 31.5 Å². The van der Waals surface area contributed by atoms with Crippen LogP contribution in [-0.2, 0) is 4.79 Å². The van der Waals surface area contributed by atoms with Crippen LogP contribution in [0.4, 0.5) is 0 Å². The summed E-state index contributed by atoms with van der Waals surface area (Å²) in [6.45, 7) is 8.83. The highest BCUT2D eigenvalue weighted by Crippen LogP contribution is 2.26. The van der Waals surface area contributed by atoms with E-state index in [1.807, 2.05) is 6.92 Å². The van der Waals surface area contributed by atoms with Crippen molar-refractivity contribution in [3.05, 3.63) is 0 Å². The molecular formula is C16H33N3O. The van der Waals surface area contributed by atoms with Crippen molar-refractivity contribution in [1.82, 2.24) is 10.2 Å². The Kier molecular flexibility index (Phi) is 8.15. The Bertz CT molecular complexity index is 275. The van der Waals surface area contributed by atoms with E-state index in [4.69, 9.17) is 5.73 Å². The summed E-state index contributed by atoms with van der Waals surface area (Å²) in [6.07, 6.45) is 6.90. The van der Waals surface area contributed by atoms with Crippen molar-refractivity contribution in [3.8, 4) is 0 Å². The highest BCUT2D eigenvalue weighted by Gasteiger charge is 2.29. The molecule has 1 rings (SSSR count). The zero-order valence-electron chi connectivity index (χ0n) is 13.5. The highest BCUT2D eigenvalue weighted by molar-refractivity contribution is 5.76. The standard InChI is InChI=1S/C16H33N3O/c1-4-18-16(20)11-15(12-17)19(10-9-13(2)3)14-7-5-6-8-14/h13-15H,4-12,17H2,1-3H3,(H,18,20). The largest absolute Gasteiger partial charge is 0.356 e. The van der Waals surface area contributed by atoms with Gasteiger partial charge in [-0.25, -0.2) is 0 Å². The van der Waals surface area contributed by atoms with Gasteiger partial charge < -0.3 is 11.1 Å². The summed E-state index contributed by atoms with van der Waals surface area (Å²) in [5, 5.41) is 2.90. The van der Waals surface area contributed by atoms with Gasteiger partial charge in [-0.3, -0.25) is 9.69 Å². The molecule has 1 atom stereocenters. The minimum absolute atomic E-state index is 0.135. The minimum Gasteiger partial charge on any atom is -0.356 e. The Labute approximate surface area is 124 Å². The SMILES string of the molecule is CCNC(=O)CC(CN)N(CCC(C)C)C1CCCC1. The molecule has 4 heteroatoms. The second-order valence-corrected chi connectivity index (χ2v) is 6.41. The molecule has 1 saturated carbocycles. The maximum atomic E-state index is 11.9. The first-order chi connectivity index (χ1) is 9.58. The number of carbonyl (C=O) groups excluding carboxylic acids is 1. The van der Waals surface area contributed by atoms with Crippen LogP contribution in [0, 0.1) is 5.92 Å². The molecule has 1 amide bonds. The normalized spacial score (nSPS) is 17.9. The van der Waals surface area contributed by atoms with Crippen LogP contribution in [-0.4, -0.2) is 42.5 Å². The van der Waals surface area contributed by atoms with Crippen molar-refractivity contribution in [3.63, 3.8) is 0 Å². The van der Waals surface area contributed by atoms with Gasteiger partial charge in [0.2, 0.25) is 5.91 Å². The molecule has 0 aromatic rings. The molecule has 118 valence electrons. The van der Waals surface area contributed by atoms with Gasteiger partial charge in [0.15, 0.2) is 0 Å². The molecule has 0 heterocycles. The molecule has 0 radical (unpaired) electrons. The number of amides is 1. The highest BCUT2D eigenvalue weighted by atomic mass is 16.1. The van der Waals surface area contributed by atoms with Gasteiger partial charge in [-0.1, -0.05) is 26.7 Å². The van der Waals surface area contributed by atoms with Gasteiger partial charge in [0.05, 0.1) is 0 Å². The Morgan fingerprint density at radius 1 is 1.35 bits per heavy atom. The molecule has 0 bridgehead atoms. The molecule has 1 fully saturated rings. The van der Waals surface area contributed by atoms with E-state index in [-0.39, 0.29) is 11.9 Å². The van der Waals surface area contributed by atoms with Crippen LogP contribution in [0.1, 0.15) is 59.3 Å². The molecular weight excluding hydrogens is 250 g/mol. The number of nitrogens with one attached hydrogen (secondary N) is 1. The van der Waals surface area contributed by atoms with Gasteiger partial charge in [-0.2, -0.15) is 0 Å². The van der Waals surface area contributed by atoms with Crippen molar-refractivity contribution in [2.24, 2.45) is 11.7 Å². The fourth-order valence-corrected chi connectivity index (χ4v) is 3.13. The second-order valence-electron chi connectivity index (χ2n) is 6.41. The van der Waals surface area contributed by atoms with Crippen LogP contribution < -0.4 is 11.1 Å². The summed E-state index contributed by atoms with van der Waals surface area (Å²) >= 11 is 0. The van der Waals surface area contributed by atoms with Crippen molar-refractivity contribution in [2.45, 2.75) is 71.4 Å². The van der Waals surface area contributed by atoms with E-state index in [1.165, 1.54) is 32.1 Å². The van der Waals surface area contributed by atoms with Gasteiger partial charge in [0, 0.05) is 31.6 Å². The van der Waals surface area contributed by atoms with E-state index in [0.717, 1.165) is 6.54 Å². The monoisotopic (exact) mass is 283 g/mol. The average molecular weight is 283 g/mol. The molecule has 0 aromatic heterocycles. The molecule has 0 aliphatic heterocycles. The minimum atomic E-state index is 0.135. The van der Waals surface area contributed by atoms with Crippen LogP contribution in [0.3, 0.4) is 0 Å². The fraction of sp³-hybridized carbons (Fsp3) is 0.938. The van der Waals surface area contributed by atoms with E-state index >= 15 is 0 Å². The number of nitrogens with zero attached hydrogens (tertiary/aromatic N) is 1. The van der Waals surface area contributed by atoms with Crippen molar-refractivity contribution < 1.29 is 4.79 Å². The van der Waals surface area contributed by atoms with Gasteiger partial charge in [-0.15, -0.1) is 0 Å². The first-order valence-electron chi connectivity index (χ1n) is 8.31. The molecule has 4 nitrogen and oxygen atoms in total. The third-order valence-electron chi connectivity index (χ3n) is 4.29. The summed E-state index contributed by atoms with van der Waals surface area (Å²) in [4.78, 5) is 14.4. The van der Waals surface area contributed by atoms with Gasteiger partial charge >= 0.3 is 0 Å². The average Bonchev–Trinajstić information content (AvgIpc) is 2.91. The first-order valence-corrected chi connectivity index (χ1v) is 8.31. The van der Waals surface area contributed by atoms with Gasteiger partial charge in [-0.05, 0) is 38.6 Å². The number of hydrogen-bond acceptors (Lipinski definition) is 3. The summed E-state index contributed by atoms with van der Waals surface area (Å²) in [7, 11) is 0. The van der Waals surface area contributed by atoms with Crippen LogP contribution in [0.5, 0.6) is 0 Å². The topological polar surface area (TPSA) is 58.4 Å². The van der Waals surface area contributed by atoms with Gasteiger partial charge in [0.25, 0.3) is 0 Å². The Morgan fingerprint density at radius 3 is 2.50 bits per heavy atom. The molecule has 0 spiro atoms. The zero-order chi connectivity index (χ0) is 15.0. The lowest BCUT2D eigenvalue weighted by Crippen LogP contribution is -2.48. The summed E-state index contributed by atoms with van der Waals surface area (Å²) < 4.78 is 0. The van der Waals surface area contributed by atoms with E-state index < -0.39 is 0 Å². The predicted molar refractivity (Wildman–Crippen MR) is 84.6 cm³/mol. The first kappa shape index (κ1) is 17.4. The Hall–Kier alpha value is -0.610. The molecule has 20 heavy (non-hydrogen) atoms. The lowest BCUT2D eigenvalue weighted by molar-refractivity contribution is -0.122. The van der Waals surface area contributed by atoms with Crippen molar-refractivity contribution in [2.75, 3.05) is 19.6 Å². The quantitative estimate of drug-likeness (QED) is 0.681. The Morgan fingerprint density at radius 2 is 2.00 bits per heavy atom. The summed E-state index contributed by atoms with van der Waals surface area (Å²) in [5.74, 6) is 0.831. The van der Waals surface area contributed by atoms with Crippen molar-refractivity contribution >= 4 is 5.91 Å². The maximum absolute atomic E-state index is 11.9. The van der Waals surface area contributed by atoms with E-state index in [1.54, 1.807) is 0 Å². The third kappa shape index (κ3) is 5.80. The molecule has 1 unspecified atom stereocenters. The molecule has 1 aliphatic rings. The number of hydrogen-bond donors (Lipinski definition) is 2.